The second kappa shape index (κ2) is 5.17. The van der Waals surface area contributed by atoms with Crippen molar-refractivity contribution in [1.82, 2.24) is 5.43 Å². The molecule has 0 heterocycles. The lowest BCUT2D eigenvalue weighted by Gasteiger charge is -2.57. The van der Waals surface area contributed by atoms with E-state index in [-0.39, 0.29) is 22.2 Å². The normalized spacial score (nSPS) is 38.7. The fourth-order valence-electron chi connectivity index (χ4n) is 6.12. The molecule has 0 radical (unpaired) electrons. The van der Waals surface area contributed by atoms with E-state index in [1.54, 1.807) is 0 Å². The molecule has 0 saturated heterocycles. The van der Waals surface area contributed by atoms with Gasteiger partial charge in [-0.05, 0) is 54.8 Å². The molecule has 3 aliphatic rings. The molecular formula is C20H32N2O2. The van der Waals surface area contributed by atoms with Crippen LogP contribution in [0.2, 0.25) is 0 Å². The van der Waals surface area contributed by atoms with Gasteiger partial charge in [0.05, 0.1) is 11.3 Å². The smallest absolute Gasteiger partial charge is 0.236 e. The Kier molecular flexibility index (Phi) is 3.80. The van der Waals surface area contributed by atoms with Crippen LogP contribution in [0, 0.1) is 16.2 Å². The molecule has 24 heavy (non-hydrogen) atoms. The van der Waals surface area contributed by atoms with E-state index in [4.69, 9.17) is 0 Å². The zero-order valence-corrected chi connectivity index (χ0v) is 16.0. The molecule has 1 fully saturated rings. The number of nitrogens with zero attached hydrogens (tertiary/aromatic N) is 1. The lowest BCUT2D eigenvalue weighted by atomic mass is 9.49. The summed E-state index contributed by atoms with van der Waals surface area (Å²) in [6, 6.07) is 0. The molecule has 4 heteroatoms. The molecule has 1 saturated carbocycles. The van der Waals surface area contributed by atoms with Crippen LogP contribution >= 0.6 is 0 Å². The average molecular weight is 332 g/mol. The highest BCUT2D eigenvalue weighted by molar-refractivity contribution is 6.04. The van der Waals surface area contributed by atoms with E-state index in [0.717, 1.165) is 49.8 Å². The van der Waals surface area contributed by atoms with Crippen molar-refractivity contribution in [2.45, 2.75) is 85.7 Å². The minimum atomic E-state index is -0.808. The third-order valence-electron chi connectivity index (χ3n) is 5.83. The first kappa shape index (κ1) is 17.7. The van der Waals surface area contributed by atoms with Crippen LogP contribution in [0.15, 0.2) is 16.2 Å². The third kappa shape index (κ3) is 3.17. The van der Waals surface area contributed by atoms with Crippen molar-refractivity contribution < 1.29 is 9.90 Å². The molecular weight excluding hydrogens is 300 g/mol. The number of aliphatic hydroxyl groups is 1. The highest BCUT2D eigenvalue weighted by atomic mass is 16.3. The van der Waals surface area contributed by atoms with Crippen molar-refractivity contribution >= 4 is 11.6 Å². The Bertz CT molecular complexity index is 644. The fourth-order valence-corrected chi connectivity index (χ4v) is 6.12. The number of carbonyl (C=O) groups is 1. The molecule has 134 valence electrons. The van der Waals surface area contributed by atoms with Gasteiger partial charge in [-0.2, -0.15) is 5.10 Å². The first-order valence-corrected chi connectivity index (χ1v) is 9.12. The quantitative estimate of drug-likeness (QED) is 0.714. The molecule has 0 aliphatic heterocycles. The number of fused-ring (bicyclic) bond motifs is 3. The summed E-state index contributed by atoms with van der Waals surface area (Å²) in [5, 5.41) is 16.1. The largest absolute Gasteiger partial charge is 0.385 e. The van der Waals surface area contributed by atoms with Crippen LogP contribution in [0.1, 0.15) is 80.1 Å². The van der Waals surface area contributed by atoms with Gasteiger partial charge in [-0.15, -0.1) is 0 Å². The molecule has 0 aromatic rings. The first-order valence-electron chi connectivity index (χ1n) is 9.12. The lowest BCUT2D eigenvalue weighted by molar-refractivity contribution is -0.119. The number of hydrogen-bond acceptors (Lipinski definition) is 3. The molecule has 2 bridgehead atoms. The Hall–Kier alpha value is -1.16. The van der Waals surface area contributed by atoms with Crippen LogP contribution < -0.4 is 5.43 Å². The van der Waals surface area contributed by atoms with E-state index < -0.39 is 5.60 Å². The number of carbonyl (C=O) groups excluding carboxylic acids is 1. The second-order valence-corrected chi connectivity index (χ2v) is 10.4. The van der Waals surface area contributed by atoms with Crippen LogP contribution in [0.4, 0.5) is 0 Å². The number of rotatable bonds is 1. The van der Waals surface area contributed by atoms with Gasteiger partial charge in [-0.1, -0.05) is 40.2 Å². The molecule has 2 unspecified atom stereocenters. The molecule has 0 aromatic heterocycles. The van der Waals surface area contributed by atoms with Crippen LogP contribution in [-0.4, -0.2) is 22.3 Å². The SMILES string of the molecule is CC(=O)N/N=C1\CC(C)(C)CC2=C1C1(O)CC(C)(C)CC(C)(C2)C1. The molecule has 1 amide bonds. The summed E-state index contributed by atoms with van der Waals surface area (Å²) in [4.78, 5) is 11.4. The monoisotopic (exact) mass is 332 g/mol. The highest BCUT2D eigenvalue weighted by Crippen LogP contribution is 2.61. The van der Waals surface area contributed by atoms with Gasteiger partial charge >= 0.3 is 0 Å². The maximum Gasteiger partial charge on any atom is 0.236 e. The van der Waals surface area contributed by atoms with Crippen LogP contribution in [-0.2, 0) is 4.79 Å². The minimum Gasteiger partial charge on any atom is -0.385 e. The first-order chi connectivity index (χ1) is 10.8. The van der Waals surface area contributed by atoms with Crippen molar-refractivity contribution in [2.75, 3.05) is 0 Å². The van der Waals surface area contributed by atoms with Gasteiger partial charge in [0.25, 0.3) is 0 Å². The topological polar surface area (TPSA) is 61.7 Å². The second-order valence-electron chi connectivity index (χ2n) is 10.4. The molecule has 3 aliphatic carbocycles. The van der Waals surface area contributed by atoms with Crippen molar-refractivity contribution in [2.24, 2.45) is 21.3 Å². The average Bonchev–Trinajstić information content (AvgIpc) is 2.28. The molecule has 2 N–H and O–H groups in total. The van der Waals surface area contributed by atoms with Crippen molar-refractivity contribution in [3.05, 3.63) is 11.1 Å². The summed E-state index contributed by atoms with van der Waals surface area (Å²) in [7, 11) is 0. The number of amides is 1. The minimum absolute atomic E-state index is 0.115. The van der Waals surface area contributed by atoms with E-state index in [2.05, 4.69) is 45.1 Å². The van der Waals surface area contributed by atoms with Crippen LogP contribution in [0.5, 0.6) is 0 Å². The summed E-state index contributed by atoms with van der Waals surface area (Å²) in [6.45, 7) is 12.8. The Morgan fingerprint density at radius 1 is 1.00 bits per heavy atom. The number of allylic oxidation sites excluding steroid dienone is 1. The van der Waals surface area contributed by atoms with E-state index in [0.29, 0.717) is 0 Å². The predicted molar refractivity (Wildman–Crippen MR) is 96.6 cm³/mol. The molecule has 0 spiro atoms. The van der Waals surface area contributed by atoms with E-state index in [9.17, 15) is 9.90 Å². The Morgan fingerprint density at radius 3 is 2.29 bits per heavy atom. The third-order valence-corrected chi connectivity index (χ3v) is 5.83. The Labute approximate surface area is 145 Å². The molecule has 2 atom stereocenters. The zero-order valence-electron chi connectivity index (χ0n) is 16.0. The number of hydrogen-bond donors (Lipinski definition) is 2. The number of hydrazone groups is 1. The van der Waals surface area contributed by atoms with Crippen molar-refractivity contribution in [1.29, 1.82) is 0 Å². The van der Waals surface area contributed by atoms with Crippen molar-refractivity contribution in [3.63, 3.8) is 0 Å². The summed E-state index contributed by atoms with van der Waals surface area (Å²) >= 11 is 0. The molecule has 0 aromatic carbocycles. The predicted octanol–water partition coefficient (Wildman–Crippen LogP) is 3.95. The van der Waals surface area contributed by atoms with Gasteiger partial charge in [-0.25, -0.2) is 5.43 Å². The van der Waals surface area contributed by atoms with E-state index in [1.807, 2.05) is 0 Å². The summed E-state index contributed by atoms with van der Waals surface area (Å²) in [6.07, 6.45) is 5.58. The van der Waals surface area contributed by atoms with E-state index in [1.165, 1.54) is 12.5 Å². The van der Waals surface area contributed by atoms with Gasteiger partial charge in [0, 0.05) is 12.5 Å². The summed E-state index contributed by atoms with van der Waals surface area (Å²) < 4.78 is 0. The standard InChI is InChI=1S/C20H32N2O2/c1-13(23)21-22-15-9-17(2,3)7-14-8-19(6)10-18(4,5)11-20(24,12-19)16(14)15/h24H,7-12H2,1-6H3,(H,21,23)/b22-15+. The Balaban J connectivity index is 2.12. The maximum absolute atomic E-state index is 11.7. The van der Waals surface area contributed by atoms with Gasteiger partial charge in [-0.3, -0.25) is 4.79 Å². The Morgan fingerprint density at radius 2 is 1.67 bits per heavy atom. The van der Waals surface area contributed by atoms with Gasteiger partial charge in [0.2, 0.25) is 5.91 Å². The fraction of sp³-hybridized carbons (Fsp3) is 0.800. The van der Waals surface area contributed by atoms with Gasteiger partial charge < -0.3 is 5.11 Å². The summed E-state index contributed by atoms with van der Waals surface area (Å²) in [5.41, 5.74) is 5.48. The lowest BCUT2D eigenvalue weighted by Crippen LogP contribution is -2.54. The van der Waals surface area contributed by atoms with Crippen LogP contribution in [0.3, 0.4) is 0 Å². The number of nitrogens with one attached hydrogen (secondary N) is 1. The molecule has 3 rings (SSSR count). The van der Waals surface area contributed by atoms with Gasteiger partial charge in [0.15, 0.2) is 0 Å². The molecule has 4 nitrogen and oxygen atoms in total. The van der Waals surface area contributed by atoms with E-state index >= 15 is 0 Å². The maximum atomic E-state index is 11.7. The summed E-state index contributed by atoms with van der Waals surface area (Å²) in [5.74, 6) is -0.162. The van der Waals surface area contributed by atoms with Crippen molar-refractivity contribution in [3.8, 4) is 0 Å². The van der Waals surface area contributed by atoms with Gasteiger partial charge in [0.1, 0.15) is 0 Å². The van der Waals surface area contributed by atoms with Crippen LogP contribution in [0.25, 0.3) is 0 Å². The highest BCUT2D eigenvalue weighted by Gasteiger charge is 2.56. The zero-order chi connectivity index (χ0) is 18.0.